The van der Waals surface area contributed by atoms with Crippen LogP contribution in [0.3, 0.4) is 0 Å². The van der Waals surface area contributed by atoms with Gasteiger partial charge in [-0.15, -0.1) is 0 Å². The normalized spacial score (nSPS) is 24.6. The van der Waals surface area contributed by atoms with Gasteiger partial charge in [0.15, 0.2) is 0 Å². The summed E-state index contributed by atoms with van der Waals surface area (Å²) in [5.41, 5.74) is 0. The first-order valence-corrected chi connectivity index (χ1v) is 5.79. The van der Waals surface area contributed by atoms with E-state index in [-0.39, 0.29) is 31.7 Å². The fraction of sp³-hybridized carbons (Fsp3) is 0.900. The Bertz CT molecular complexity index is 263. The number of esters is 1. The molecule has 17 heavy (non-hydrogen) atoms. The summed E-state index contributed by atoms with van der Waals surface area (Å²) < 4.78 is 20.9. The minimum absolute atomic E-state index is 0.0474. The van der Waals surface area contributed by atoms with Gasteiger partial charge >= 0.3 is 100 Å². The molecule has 0 aromatic rings. The van der Waals surface area contributed by atoms with Crippen LogP contribution >= 0.6 is 0 Å². The van der Waals surface area contributed by atoms with Crippen LogP contribution in [0.2, 0.25) is 0 Å². The predicted molar refractivity (Wildman–Crippen MR) is 59.9 cm³/mol. The summed E-state index contributed by atoms with van der Waals surface area (Å²) in [5, 5.41) is 8.67. The number of carbonyl (C=O) groups excluding carboxylic acids is 1. The first-order valence-electron chi connectivity index (χ1n) is 5.79. The van der Waals surface area contributed by atoms with Crippen molar-refractivity contribution in [3.8, 4) is 0 Å². The van der Waals surface area contributed by atoms with Crippen molar-refractivity contribution in [3.63, 3.8) is 0 Å². The molecule has 2 atom stereocenters. The molecule has 0 aromatic carbocycles. The zero-order valence-corrected chi connectivity index (χ0v) is 10.0. The molecule has 1 N–H and O–H groups in total. The quantitative estimate of drug-likeness (QED) is 0.457. The van der Waals surface area contributed by atoms with Gasteiger partial charge in [0.25, 0.3) is 0 Å². The van der Waals surface area contributed by atoms with Crippen molar-refractivity contribution in [1.29, 1.82) is 0 Å². The Hall–Kier alpha value is -0.785. The van der Waals surface area contributed by atoms with Crippen LogP contribution in [-0.4, -0.2) is 68.1 Å². The van der Waals surface area contributed by atoms with Crippen LogP contribution in [0.4, 0.5) is 0 Å². The number of aliphatic hydroxyl groups is 1. The molecule has 1 rings (SSSR count). The number of hydrogen-bond acceptors (Lipinski definition) is 6. The van der Waals surface area contributed by atoms with Crippen LogP contribution in [0.25, 0.3) is 0 Å². The summed E-state index contributed by atoms with van der Waals surface area (Å²) in [4.78, 5) is 13.4. The molecule has 0 amide bonds. The molecular weight excluding hydrogens is 225 g/mol. The second-order valence-electron chi connectivity index (χ2n) is 3.84. The van der Waals surface area contributed by atoms with E-state index >= 15 is 0 Å². The van der Waals surface area contributed by atoms with E-state index in [2.05, 4.69) is 0 Å². The van der Waals surface area contributed by atoms with Gasteiger partial charge in [-0.2, -0.15) is 0 Å². The van der Waals surface area contributed by atoms with Gasteiger partial charge in [-0.3, -0.25) is 0 Å². The summed E-state index contributed by atoms with van der Waals surface area (Å²) >= 11 is 0. The van der Waals surface area contributed by atoms with E-state index in [1.54, 1.807) is 11.8 Å². The van der Waals surface area contributed by atoms with Crippen LogP contribution in [0.5, 0.6) is 0 Å². The van der Waals surface area contributed by atoms with Crippen molar-refractivity contribution in [2.24, 2.45) is 0 Å². The zero-order valence-electron chi connectivity index (χ0n) is 10.0. The van der Waals surface area contributed by atoms with Crippen LogP contribution in [0.15, 0.2) is 0 Å². The number of likely N-dealkylation sites (tertiary alicyclic amines) is 1. The molecule has 96 valence electrons. The zero-order chi connectivity index (χ0) is 12.7. The fourth-order valence-corrected chi connectivity index (χ4v) is 1.98. The van der Waals surface area contributed by atoms with Crippen LogP contribution in [0.1, 0.15) is 13.3 Å². The molecule has 0 spiro atoms. The Morgan fingerprint density at radius 2 is 2.35 bits per heavy atom. The average Bonchev–Trinajstić information content (AvgIpc) is 2.70. The van der Waals surface area contributed by atoms with E-state index in [1.807, 2.05) is 0 Å². The van der Waals surface area contributed by atoms with Crippen molar-refractivity contribution in [2.75, 3.05) is 32.8 Å². The number of nitrogens with zero attached hydrogens (tertiary/aromatic N) is 1. The topological polar surface area (TPSA) is 76.1 Å². The molecule has 1 aliphatic heterocycles. The third-order valence-electron chi connectivity index (χ3n) is 2.68. The van der Waals surface area contributed by atoms with Gasteiger partial charge < -0.3 is 0 Å². The van der Waals surface area contributed by atoms with E-state index in [0.717, 1.165) is 7.15 Å². The molecule has 1 aliphatic rings. The number of aliphatic hydroxyl groups excluding tert-OH is 1. The number of hydrogen-bond donors (Lipinski definition) is 1. The van der Waals surface area contributed by atoms with Crippen molar-refractivity contribution in [2.45, 2.75) is 25.5 Å². The molecule has 6 nitrogen and oxygen atoms in total. The Labute approximate surface area is 101 Å². The monoisotopic (exact) mass is 243 g/mol. The molecule has 0 saturated carbocycles. The van der Waals surface area contributed by atoms with Gasteiger partial charge in [0.05, 0.1) is 0 Å². The summed E-state index contributed by atoms with van der Waals surface area (Å²) in [5.74, 6) is -0.315. The standard InChI is InChI=1S/C10H18BNO5/c1-2-16-10(14)9-5-8(17-4-3-13)6-12(9)7-11-15/h8-9,13H,2-7H2,1H3/t8?,9-/m0/s1. The van der Waals surface area contributed by atoms with Crippen LogP contribution < -0.4 is 0 Å². The van der Waals surface area contributed by atoms with E-state index in [0.29, 0.717) is 19.6 Å². The number of ether oxygens (including phenoxy) is 2. The van der Waals surface area contributed by atoms with Crippen molar-refractivity contribution >= 4 is 13.1 Å². The summed E-state index contributed by atoms with van der Waals surface area (Å²) in [6, 6.07) is -0.413. The van der Waals surface area contributed by atoms with Gasteiger partial charge in [0, 0.05) is 0 Å². The predicted octanol–water partition coefficient (Wildman–Crippen LogP) is -0.991. The third-order valence-corrected chi connectivity index (χ3v) is 2.68. The van der Waals surface area contributed by atoms with E-state index < -0.39 is 6.04 Å². The van der Waals surface area contributed by atoms with E-state index in [9.17, 15) is 9.50 Å². The molecule has 0 aromatic heterocycles. The first-order chi connectivity index (χ1) is 8.22. The first kappa shape index (κ1) is 14.3. The fourth-order valence-electron chi connectivity index (χ4n) is 1.98. The number of carbonyl (C=O) groups is 1. The molecule has 1 saturated heterocycles. The third kappa shape index (κ3) is 4.18. The van der Waals surface area contributed by atoms with Gasteiger partial charge in [-0.1, -0.05) is 0 Å². The van der Waals surface area contributed by atoms with Gasteiger partial charge in [0.2, 0.25) is 0 Å². The summed E-state index contributed by atoms with van der Waals surface area (Å²) in [6.07, 6.45) is 0.575. The van der Waals surface area contributed by atoms with Crippen LogP contribution in [-0.2, 0) is 19.0 Å². The Morgan fingerprint density at radius 3 is 2.94 bits per heavy atom. The van der Waals surface area contributed by atoms with Gasteiger partial charge in [0.1, 0.15) is 0 Å². The SMILES string of the molecule is CCOC(=O)[C@@H]1CC(OCCO)CN1CB=O. The molecule has 1 unspecified atom stereocenters. The Morgan fingerprint density at radius 1 is 1.59 bits per heavy atom. The molecular formula is C10H18BNO5. The summed E-state index contributed by atoms with van der Waals surface area (Å²) in [7, 11) is 0.765. The van der Waals surface area contributed by atoms with Gasteiger partial charge in [-0.25, -0.2) is 0 Å². The van der Waals surface area contributed by atoms with Crippen molar-refractivity contribution in [3.05, 3.63) is 0 Å². The molecule has 1 heterocycles. The molecule has 0 bridgehead atoms. The summed E-state index contributed by atoms with van der Waals surface area (Å²) in [6.45, 7) is 2.79. The maximum absolute atomic E-state index is 11.7. The second-order valence-corrected chi connectivity index (χ2v) is 3.84. The average molecular weight is 243 g/mol. The molecule has 0 radical (unpaired) electrons. The molecule has 0 aliphatic carbocycles. The Kier molecular flexibility index (Phi) is 6.32. The van der Waals surface area contributed by atoms with E-state index in [1.165, 1.54) is 0 Å². The van der Waals surface area contributed by atoms with Gasteiger partial charge in [-0.05, 0) is 0 Å². The molecule has 1 fully saturated rings. The Balaban J connectivity index is 2.53. The number of rotatable bonds is 7. The minimum atomic E-state index is -0.413. The van der Waals surface area contributed by atoms with E-state index in [4.69, 9.17) is 14.6 Å². The molecule has 7 heteroatoms. The van der Waals surface area contributed by atoms with Crippen molar-refractivity contribution in [1.82, 2.24) is 4.90 Å². The second kappa shape index (κ2) is 7.52. The maximum atomic E-state index is 11.7. The van der Waals surface area contributed by atoms with Crippen LogP contribution in [0, 0.1) is 0 Å². The van der Waals surface area contributed by atoms with Crippen molar-refractivity contribution < 1.29 is 24.1 Å².